The first kappa shape index (κ1) is 24.4. The van der Waals surface area contributed by atoms with E-state index in [9.17, 15) is 4.79 Å². The molecular weight excluding hydrogens is 501 g/mol. The van der Waals surface area contributed by atoms with Crippen LogP contribution in [0.1, 0.15) is 6.42 Å². The minimum Gasteiger partial charge on any atom is -0.489 e. The topological polar surface area (TPSA) is 66.0 Å². The second kappa shape index (κ2) is 12.7. The monoisotopic (exact) mass is 522 g/mol. The van der Waals surface area contributed by atoms with Crippen molar-refractivity contribution in [2.24, 2.45) is 4.99 Å². The van der Waals surface area contributed by atoms with Crippen molar-refractivity contribution < 1.29 is 9.53 Å². The summed E-state index contributed by atoms with van der Waals surface area (Å²) in [6.45, 7) is 1.31. The summed E-state index contributed by atoms with van der Waals surface area (Å²) < 4.78 is 5.56. The number of carbonyl (C=O) groups is 1. The summed E-state index contributed by atoms with van der Waals surface area (Å²) in [6.07, 6.45) is 0.389. The van der Waals surface area contributed by atoms with Crippen LogP contribution in [0.2, 0.25) is 15.1 Å². The van der Waals surface area contributed by atoms with E-state index in [2.05, 4.69) is 15.6 Å². The van der Waals surface area contributed by atoms with Gasteiger partial charge in [-0.2, -0.15) is 0 Å². The molecule has 25 heavy (non-hydrogen) atoms. The van der Waals surface area contributed by atoms with Gasteiger partial charge in [-0.1, -0.05) is 34.8 Å². The van der Waals surface area contributed by atoms with Crippen LogP contribution in [0.4, 0.5) is 0 Å². The SMILES string of the molecule is CN=C(NCCOc1c(Cl)cc(Cl)cc1Cl)NCCC(=O)N(C)C.I. The molecule has 0 unspecified atom stereocenters. The van der Waals surface area contributed by atoms with Gasteiger partial charge in [0.05, 0.1) is 16.6 Å². The van der Waals surface area contributed by atoms with E-state index in [1.54, 1.807) is 38.2 Å². The molecule has 0 atom stereocenters. The second-order valence-electron chi connectivity index (χ2n) is 5.01. The summed E-state index contributed by atoms with van der Waals surface area (Å²) >= 11 is 17.9. The van der Waals surface area contributed by atoms with Gasteiger partial charge in [-0.25, -0.2) is 0 Å². The fraction of sp³-hybridized carbons (Fsp3) is 0.467. The maximum Gasteiger partial charge on any atom is 0.223 e. The number of hydrogen-bond acceptors (Lipinski definition) is 3. The first-order valence-electron chi connectivity index (χ1n) is 7.27. The zero-order valence-electron chi connectivity index (χ0n) is 14.2. The summed E-state index contributed by atoms with van der Waals surface area (Å²) in [4.78, 5) is 17.1. The lowest BCUT2D eigenvalue weighted by Gasteiger charge is -2.14. The third-order valence-corrected chi connectivity index (χ3v) is 3.74. The number of nitrogens with one attached hydrogen (secondary N) is 2. The molecule has 0 bridgehead atoms. The van der Waals surface area contributed by atoms with E-state index in [1.807, 2.05) is 0 Å². The van der Waals surface area contributed by atoms with Crippen molar-refractivity contribution in [1.29, 1.82) is 0 Å². The Labute approximate surface area is 180 Å². The largest absolute Gasteiger partial charge is 0.489 e. The lowest BCUT2D eigenvalue weighted by Crippen LogP contribution is -2.40. The number of rotatable bonds is 7. The number of nitrogens with zero attached hydrogens (tertiary/aromatic N) is 2. The number of benzene rings is 1. The Morgan fingerprint density at radius 3 is 2.24 bits per heavy atom. The van der Waals surface area contributed by atoms with Gasteiger partial charge in [0.1, 0.15) is 6.61 Å². The molecule has 2 N–H and O–H groups in total. The van der Waals surface area contributed by atoms with Crippen LogP contribution in [0.3, 0.4) is 0 Å². The summed E-state index contributed by atoms with van der Waals surface area (Å²) in [7, 11) is 5.09. The van der Waals surface area contributed by atoms with Crippen molar-refractivity contribution in [3.05, 3.63) is 27.2 Å². The third kappa shape index (κ3) is 9.03. The maximum atomic E-state index is 11.5. The Morgan fingerprint density at radius 2 is 1.72 bits per heavy atom. The molecule has 6 nitrogen and oxygen atoms in total. The van der Waals surface area contributed by atoms with Crippen molar-refractivity contribution in [3.63, 3.8) is 0 Å². The highest BCUT2D eigenvalue weighted by molar-refractivity contribution is 14.0. The number of halogens is 4. The number of guanidine groups is 1. The molecule has 10 heteroatoms. The molecule has 1 aromatic rings. The van der Waals surface area contributed by atoms with Crippen LogP contribution in [0.15, 0.2) is 17.1 Å². The second-order valence-corrected chi connectivity index (χ2v) is 6.26. The predicted molar refractivity (Wildman–Crippen MR) is 115 cm³/mol. The zero-order valence-corrected chi connectivity index (χ0v) is 18.8. The molecule has 0 aliphatic rings. The summed E-state index contributed by atoms with van der Waals surface area (Å²) in [6, 6.07) is 3.14. The van der Waals surface area contributed by atoms with E-state index in [0.717, 1.165) is 0 Å². The minimum atomic E-state index is 0. The summed E-state index contributed by atoms with van der Waals surface area (Å²) in [5.74, 6) is 1.02. The smallest absolute Gasteiger partial charge is 0.223 e. The van der Waals surface area contributed by atoms with E-state index >= 15 is 0 Å². The van der Waals surface area contributed by atoms with Gasteiger partial charge in [0.2, 0.25) is 5.91 Å². The number of carbonyl (C=O) groups excluding carboxylic acids is 1. The van der Waals surface area contributed by atoms with Crippen molar-refractivity contribution in [3.8, 4) is 5.75 Å². The van der Waals surface area contributed by atoms with Crippen molar-refractivity contribution >= 4 is 70.6 Å². The van der Waals surface area contributed by atoms with Crippen LogP contribution in [-0.4, -0.2) is 57.6 Å². The molecule has 0 heterocycles. The van der Waals surface area contributed by atoms with Crippen LogP contribution < -0.4 is 15.4 Å². The molecule has 0 radical (unpaired) electrons. The Hall–Kier alpha value is -0.640. The van der Waals surface area contributed by atoms with Crippen LogP contribution in [0.5, 0.6) is 5.75 Å². The Balaban J connectivity index is 0.00000576. The van der Waals surface area contributed by atoms with E-state index in [4.69, 9.17) is 39.5 Å². The Morgan fingerprint density at radius 1 is 1.16 bits per heavy atom. The molecule has 142 valence electrons. The molecule has 0 saturated heterocycles. The Bertz CT molecular complexity index is 577. The highest BCUT2D eigenvalue weighted by atomic mass is 127. The van der Waals surface area contributed by atoms with E-state index in [1.165, 1.54) is 0 Å². The van der Waals surface area contributed by atoms with Gasteiger partial charge < -0.3 is 20.3 Å². The molecule has 1 aromatic carbocycles. The minimum absolute atomic E-state index is 0. The molecular formula is C15H22Cl3IN4O2. The molecule has 1 amide bonds. The van der Waals surface area contributed by atoms with Crippen molar-refractivity contribution in [2.75, 3.05) is 40.8 Å². The highest BCUT2D eigenvalue weighted by Gasteiger charge is 2.09. The first-order chi connectivity index (χ1) is 11.3. The fourth-order valence-corrected chi connectivity index (χ4v) is 2.65. The standard InChI is InChI=1S/C15H21Cl3N4O2.HI/c1-19-15(20-5-4-13(23)22(2)3)21-6-7-24-14-11(17)8-10(16)9-12(14)18;/h8-9H,4-7H2,1-3H3,(H2,19,20,21);1H. The molecule has 0 spiro atoms. The van der Waals surface area contributed by atoms with Gasteiger partial charge in [-0.3, -0.25) is 9.79 Å². The maximum absolute atomic E-state index is 11.5. The molecule has 0 saturated carbocycles. The van der Waals surface area contributed by atoms with Gasteiger partial charge in [0.15, 0.2) is 11.7 Å². The number of aliphatic imine (C=N–C) groups is 1. The number of amides is 1. The van der Waals surface area contributed by atoms with Gasteiger partial charge in [-0.05, 0) is 12.1 Å². The summed E-state index contributed by atoms with van der Waals surface area (Å²) in [5.41, 5.74) is 0. The van der Waals surface area contributed by atoms with Crippen LogP contribution in [0.25, 0.3) is 0 Å². The molecule has 0 aliphatic heterocycles. The van der Waals surface area contributed by atoms with Crippen molar-refractivity contribution in [2.45, 2.75) is 6.42 Å². The highest BCUT2D eigenvalue weighted by Crippen LogP contribution is 2.35. The van der Waals surface area contributed by atoms with E-state index < -0.39 is 0 Å². The van der Waals surface area contributed by atoms with Gasteiger partial charge in [-0.15, -0.1) is 24.0 Å². The fourth-order valence-electron chi connectivity index (χ4n) is 1.72. The molecule has 0 aromatic heterocycles. The third-order valence-electron chi connectivity index (χ3n) is 2.96. The van der Waals surface area contributed by atoms with E-state index in [-0.39, 0.29) is 29.9 Å². The molecule has 0 aliphatic carbocycles. The van der Waals surface area contributed by atoms with Gasteiger partial charge >= 0.3 is 0 Å². The number of hydrogen-bond donors (Lipinski definition) is 2. The average Bonchev–Trinajstić information content (AvgIpc) is 2.51. The zero-order chi connectivity index (χ0) is 18.1. The average molecular weight is 524 g/mol. The van der Waals surface area contributed by atoms with Crippen LogP contribution >= 0.6 is 58.8 Å². The molecule has 0 fully saturated rings. The number of ether oxygens (including phenoxy) is 1. The van der Waals surface area contributed by atoms with Gasteiger partial charge in [0, 0.05) is 39.1 Å². The quantitative estimate of drug-likeness (QED) is 0.249. The van der Waals surface area contributed by atoms with Crippen LogP contribution in [-0.2, 0) is 4.79 Å². The predicted octanol–water partition coefficient (Wildman–Crippen LogP) is 3.29. The Kier molecular flexibility index (Phi) is 12.3. The van der Waals surface area contributed by atoms with E-state index in [0.29, 0.717) is 52.9 Å². The van der Waals surface area contributed by atoms with Gasteiger partial charge in [0.25, 0.3) is 0 Å². The lowest BCUT2D eigenvalue weighted by atomic mass is 10.3. The van der Waals surface area contributed by atoms with Crippen LogP contribution in [0, 0.1) is 0 Å². The van der Waals surface area contributed by atoms with Crippen molar-refractivity contribution in [1.82, 2.24) is 15.5 Å². The molecule has 1 rings (SSSR count). The summed E-state index contributed by atoms with van der Waals surface area (Å²) in [5, 5.41) is 7.29. The lowest BCUT2D eigenvalue weighted by molar-refractivity contribution is -0.128. The normalized spacial score (nSPS) is 10.7. The first-order valence-corrected chi connectivity index (χ1v) is 8.40.